The molecule has 1 aromatic carbocycles. The Bertz CT molecular complexity index is 729. The molecule has 2 aromatic rings. The number of pyridine rings is 1. The summed E-state index contributed by atoms with van der Waals surface area (Å²) in [5.74, 6) is 0.301. The third-order valence-electron chi connectivity index (χ3n) is 5.17. The number of aromatic nitrogens is 1. The zero-order chi connectivity index (χ0) is 19.8. The summed E-state index contributed by atoms with van der Waals surface area (Å²) < 4.78 is 19.3. The van der Waals surface area contributed by atoms with Crippen molar-refractivity contribution in [3.63, 3.8) is 0 Å². The maximum absolute atomic E-state index is 13.6. The molecule has 0 fully saturated rings. The van der Waals surface area contributed by atoms with Gasteiger partial charge in [-0.25, -0.2) is 4.39 Å². The molecule has 0 saturated heterocycles. The fourth-order valence-corrected chi connectivity index (χ4v) is 3.53. The standard InChI is InChI=1S/C22H29FN2O3/c23-19-7-8-22-18(13-19)6-2-1-3-11-25(15-17-5-4-10-24-14-17)12-9-20(26)21(27)16-28-22/h4-5,7-8,10,13-14,20-21,26-27H,1-3,6,9,11-12,15-16H2/t20-,21+/m0/s1. The van der Waals surface area contributed by atoms with Gasteiger partial charge in [-0.2, -0.15) is 0 Å². The third-order valence-corrected chi connectivity index (χ3v) is 5.17. The van der Waals surface area contributed by atoms with E-state index in [1.807, 2.05) is 18.3 Å². The molecule has 152 valence electrons. The molecular weight excluding hydrogens is 359 g/mol. The number of aliphatic hydroxyl groups excluding tert-OH is 2. The first-order chi connectivity index (χ1) is 13.6. The SMILES string of the molecule is O[C@@H]1COc2ccc(F)cc2CCCCCN(Cc2cccnc2)CC[C@@H]1O. The number of aryl methyl sites for hydroxylation is 1. The first kappa shape index (κ1) is 20.7. The Morgan fingerprint density at radius 1 is 1.11 bits per heavy atom. The minimum absolute atomic E-state index is 0.0115. The van der Waals surface area contributed by atoms with Crippen LogP contribution in [0.1, 0.15) is 36.8 Å². The molecular formula is C22H29FN2O3. The maximum atomic E-state index is 13.6. The van der Waals surface area contributed by atoms with Gasteiger partial charge in [-0.15, -0.1) is 0 Å². The highest BCUT2D eigenvalue weighted by Crippen LogP contribution is 2.23. The van der Waals surface area contributed by atoms with Crippen molar-refractivity contribution < 1.29 is 19.3 Å². The summed E-state index contributed by atoms with van der Waals surface area (Å²) in [5.41, 5.74) is 1.94. The van der Waals surface area contributed by atoms with Crippen LogP contribution in [0.25, 0.3) is 0 Å². The lowest BCUT2D eigenvalue weighted by Gasteiger charge is -2.26. The Morgan fingerprint density at radius 2 is 2.00 bits per heavy atom. The second-order valence-electron chi connectivity index (χ2n) is 7.43. The summed E-state index contributed by atoms with van der Waals surface area (Å²) in [4.78, 5) is 6.45. The summed E-state index contributed by atoms with van der Waals surface area (Å²) in [7, 11) is 0. The number of benzene rings is 1. The lowest BCUT2D eigenvalue weighted by atomic mass is 10.0. The van der Waals surface area contributed by atoms with E-state index in [2.05, 4.69) is 9.88 Å². The van der Waals surface area contributed by atoms with Crippen molar-refractivity contribution in [2.75, 3.05) is 19.7 Å². The van der Waals surface area contributed by atoms with Gasteiger partial charge in [-0.3, -0.25) is 9.88 Å². The minimum atomic E-state index is -0.985. The van der Waals surface area contributed by atoms with Gasteiger partial charge in [0, 0.05) is 25.5 Å². The average molecular weight is 388 g/mol. The molecule has 0 amide bonds. The number of ether oxygens (including phenoxy) is 1. The van der Waals surface area contributed by atoms with Gasteiger partial charge >= 0.3 is 0 Å². The molecule has 0 spiro atoms. The van der Waals surface area contributed by atoms with Crippen molar-refractivity contribution in [3.05, 3.63) is 59.7 Å². The predicted molar refractivity (Wildman–Crippen MR) is 106 cm³/mol. The number of rotatable bonds is 2. The molecule has 0 bridgehead atoms. The Morgan fingerprint density at radius 3 is 2.82 bits per heavy atom. The van der Waals surface area contributed by atoms with Crippen LogP contribution in [0, 0.1) is 5.82 Å². The quantitative estimate of drug-likeness (QED) is 0.828. The van der Waals surface area contributed by atoms with E-state index in [9.17, 15) is 14.6 Å². The maximum Gasteiger partial charge on any atom is 0.123 e. The van der Waals surface area contributed by atoms with E-state index in [1.54, 1.807) is 12.3 Å². The van der Waals surface area contributed by atoms with E-state index in [4.69, 9.17) is 4.74 Å². The van der Waals surface area contributed by atoms with E-state index < -0.39 is 12.2 Å². The van der Waals surface area contributed by atoms with E-state index in [0.717, 1.165) is 49.9 Å². The Labute approximate surface area is 165 Å². The van der Waals surface area contributed by atoms with Crippen molar-refractivity contribution in [2.24, 2.45) is 0 Å². The van der Waals surface area contributed by atoms with Gasteiger partial charge in [-0.05, 0) is 67.6 Å². The molecule has 0 unspecified atom stereocenters. The highest BCUT2D eigenvalue weighted by atomic mass is 19.1. The average Bonchev–Trinajstić information content (AvgIpc) is 2.70. The van der Waals surface area contributed by atoms with Gasteiger partial charge in [0.25, 0.3) is 0 Å². The molecule has 2 atom stereocenters. The number of hydrogen-bond acceptors (Lipinski definition) is 5. The van der Waals surface area contributed by atoms with Crippen LogP contribution in [0.5, 0.6) is 5.75 Å². The molecule has 0 aliphatic carbocycles. The van der Waals surface area contributed by atoms with Gasteiger partial charge in [0.15, 0.2) is 0 Å². The van der Waals surface area contributed by atoms with Gasteiger partial charge in [0.1, 0.15) is 24.3 Å². The lowest BCUT2D eigenvalue weighted by molar-refractivity contribution is -0.0163. The summed E-state index contributed by atoms with van der Waals surface area (Å²) in [5, 5.41) is 20.6. The second kappa shape index (κ2) is 10.5. The van der Waals surface area contributed by atoms with Crippen LogP contribution in [0.15, 0.2) is 42.7 Å². The Kier molecular flexibility index (Phi) is 7.77. The number of fused-ring (bicyclic) bond motifs is 1. The van der Waals surface area contributed by atoms with E-state index in [0.29, 0.717) is 18.7 Å². The first-order valence-corrected chi connectivity index (χ1v) is 10.0. The van der Waals surface area contributed by atoms with Crippen molar-refractivity contribution in [2.45, 2.75) is 50.9 Å². The van der Waals surface area contributed by atoms with Crippen molar-refractivity contribution >= 4 is 0 Å². The molecule has 1 aliphatic heterocycles. The van der Waals surface area contributed by atoms with Crippen LogP contribution < -0.4 is 4.74 Å². The molecule has 5 nitrogen and oxygen atoms in total. The van der Waals surface area contributed by atoms with E-state index in [-0.39, 0.29) is 12.4 Å². The normalized spacial score (nSPS) is 22.7. The van der Waals surface area contributed by atoms with Crippen LogP contribution in [-0.2, 0) is 13.0 Å². The predicted octanol–water partition coefficient (Wildman–Crippen LogP) is 2.94. The number of nitrogens with zero attached hydrogens (tertiary/aromatic N) is 2. The largest absolute Gasteiger partial charge is 0.491 e. The van der Waals surface area contributed by atoms with E-state index in [1.165, 1.54) is 12.1 Å². The summed E-state index contributed by atoms with van der Waals surface area (Å²) in [6.07, 6.45) is 5.95. The van der Waals surface area contributed by atoms with Crippen LogP contribution in [0.2, 0.25) is 0 Å². The molecule has 6 heteroatoms. The first-order valence-electron chi connectivity index (χ1n) is 10.0. The highest BCUT2D eigenvalue weighted by molar-refractivity contribution is 5.34. The van der Waals surface area contributed by atoms with Gasteiger partial charge in [0.05, 0.1) is 6.10 Å². The number of hydrogen-bond donors (Lipinski definition) is 2. The summed E-state index contributed by atoms with van der Waals surface area (Å²) in [6.45, 7) is 2.35. The molecule has 2 heterocycles. The third kappa shape index (κ3) is 6.26. The highest BCUT2D eigenvalue weighted by Gasteiger charge is 2.20. The van der Waals surface area contributed by atoms with Crippen LogP contribution in [0.3, 0.4) is 0 Å². The monoisotopic (exact) mass is 388 g/mol. The van der Waals surface area contributed by atoms with Crippen molar-refractivity contribution in [3.8, 4) is 5.75 Å². The zero-order valence-electron chi connectivity index (χ0n) is 16.1. The Hall–Kier alpha value is -2.02. The van der Waals surface area contributed by atoms with Crippen LogP contribution >= 0.6 is 0 Å². The Balaban J connectivity index is 1.67. The molecule has 1 aromatic heterocycles. The molecule has 1 aliphatic rings. The molecule has 2 N–H and O–H groups in total. The molecule has 0 radical (unpaired) electrons. The topological polar surface area (TPSA) is 65.8 Å². The lowest BCUT2D eigenvalue weighted by Crippen LogP contribution is -2.36. The number of halogens is 1. The fraction of sp³-hybridized carbons (Fsp3) is 0.500. The molecule has 3 rings (SSSR count). The second-order valence-corrected chi connectivity index (χ2v) is 7.43. The minimum Gasteiger partial charge on any atom is -0.491 e. The smallest absolute Gasteiger partial charge is 0.123 e. The summed E-state index contributed by atoms with van der Waals surface area (Å²) in [6, 6.07) is 8.43. The fourth-order valence-electron chi connectivity index (χ4n) is 3.53. The van der Waals surface area contributed by atoms with E-state index >= 15 is 0 Å². The summed E-state index contributed by atoms with van der Waals surface area (Å²) >= 11 is 0. The van der Waals surface area contributed by atoms with Gasteiger partial charge in [0.2, 0.25) is 0 Å². The van der Waals surface area contributed by atoms with Gasteiger partial charge in [-0.1, -0.05) is 12.5 Å². The van der Waals surface area contributed by atoms with Crippen LogP contribution in [-0.4, -0.2) is 52.0 Å². The van der Waals surface area contributed by atoms with Gasteiger partial charge < -0.3 is 14.9 Å². The molecule has 0 saturated carbocycles. The number of aliphatic hydroxyl groups is 2. The van der Waals surface area contributed by atoms with Crippen LogP contribution in [0.4, 0.5) is 4.39 Å². The molecule has 28 heavy (non-hydrogen) atoms. The van der Waals surface area contributed by atoms with Crippen molar-refractivity contribution in [1.29, 1.82) is 0 Å². The zero-order valence-corrected chi connectivity index (χ0v) is 16.1. The van der Waals surface area contributed by atoms with Crippen molar-refractivity contribution in [1.82, 2.24) is 9.88 Å².